The van der Waals surface area contributed by atoms with Gasteiger partial charge in [-0.15, -0.1) is 0 Å². The van der Waals surface area contributed by atoms with Crippen molar-refractivity contribution in [2.24, 2.45) is 5.41 Å². The SMILES string of the molecule is CC(C)(C)NCC1(Cc2ccc(F)cc2Br)CCCCC1. The molecule has 0 unspecified atom stereocenters. The molecule has 118 valence electrons. The van der Waals surface area contributed by atoms with Crippen LogP contribution < -0.4 is 5.32 Å². The number of hydrogen-bond acceptors (Lipinski definition) is 1. The van der Waals surface area contributed by atoms with E-state index < -0.39 is 0 Å². The third-order valence-corrected chi connectivity index (χ3v) is 5.23. The van der Waals surface area contributed by atoms with Crippen LogP contribution in [-0.4, -0.2) is 12.1 Å². The van der Waals surface area contributed by atoms with Gasteiger partial charge >= 0.3 is 0 Å². The Morgan fingerprint density at radius 3 is 2.43 bits per heavy atom. The molecular weight excluding hydrogens is 329 g/mol. The van der Waals surface area contributed by atoms with Crippen LogP contribution in [0.1, 0.15) is 58.4 Å². The normalized spacial score (nSPS) is 18.7. The van der Waals surface area contributed by atoms with Crippen LogP contribution in [0.3, 0.4) is 0 Å². The molecule has 1 aromatic carbocycles. The molecule has 1 aromatic rings. The minimum Gasteiger partial charge on any atom is -0.312 e. The van der Waals surface area contributed by atoms with Gasteiger partial charge in [-0.3, -0.25) is 0 Å². The largest absolute Gasteiger partial charge is 0.312 e. The average Bonchev–Trinajstić information content (AvgIpc) is 2.41. The fourth-order valence-electron chi connectivity index (χ4n) is 3.24. The van der Waals surface area contributed by atoms with E-state index in [-0.39, 0.29) is 11.4 Å². The van der Waals surface area contributed by atoms with Crippen molar-refractivity contribution in [1.29, 1.82) is 0 Å². The first kappa shape index (κ1) is 17.0. The Hall–Kier alpha value is -0.410. The third kappa shape index (κ3) is 5.07. The van der Waals surface area contributed by atoms with Crippen molar-refractivity contribution in [3.8, 4) is 0 Å². The Morgan fingerprint density at radius 2 is 1.86 bits per heavy atom. The Bertz CT molecular complexity index is 473. The highest BCUT2D eigenvalue weighted by Gasteiger charge is 2.33. The summed E-state index contributed by atoms with van der Waals surface area (Å²) < 4.78 is 14.2. The first-order valence-corrected chi connectivity index (χ1v) is 8.78. The maximum atomic E-state index is 13.3. The molecule has 1 nitrogen and oxygen atoms in total. The summed E-state index contributed by atoms with van der Waals surface area (Å²) in [6.45, 7) is 7.70. The van der Waals surface area contributed by atoms with E-state index in [1.54, 1.807) is 12.1 Å². The van der Waals surface area contributed by atoms with E-state index in [9.17, 15) is 4.39 Å². The number of hydrogen-bond donors (Lipinski definition) is 1. The van der Waals surface area contributed by atoms with Crippen LogP contribution >= 0.6 is 15.9 Å². The van der Waals surface area contributed by atoms with Crippen LogP contribution in [-0.2, 0) is 6.42 Å². The van der Waals surface area contributed by atoms with Gasteiger partial charge in [-0.1, -0.05) is 41.3 Å². The Kier molecular flexibility index (Phi) is 5.48. The Morgan fingerprint density at radius 1 is 1.19 bits per heavy atom. The van der Waals surface area contributed by atoms with Gasteiger partial charge in [0.05, 0.1) is 0 Å². The highest BCUT2D eigenvalue weighted by atomic mass is 79.9. The zero-order valence-electron chi connectivity index (χ0n) is 13.4. The fraction of sp³-hybridized carbons (Fsp3) is 0.667. The lowest BCUT2D eigenvalue weighted by molar-refractivity contribution is 0.165. The molecule has 1 fully saturated rings. The summed E-state index contributed by atoms with van der Waals surface area (Å²) in [5, 5.41) is 3.69. The second-order valence-electron chi connectivity index (χ2n) is 7.58. The van der Waals surface area contributed by atoms with Crippen LogP contribution in [0.4, 0.5) is 4.39 Å². The zero-order chi connectivity index (χ0) is 15.5. The minimum atomic E-state index is -0.170. The molecule has 0 radical (unpaired) electrons. The maximum Gasteiger partial charge on any atom is 0.124 e. The van der Waals surface area contributed by atoms with Crippen molar-refractivity contribution >= 4 is 15.9 Å². The highest BCUT2D eigenvalue weighted by Crippen LogP contribution is 2.40. The van der Waals surface area contributed by atoms with E-state index in [2.05, 4.69) is 42.0 Å². The van der Waals surface area contributed by atoms with Crippen LogP contribution in [0.5, 0.6) is 0 Å². The first-order chi connectivity index (χ1) is 9.80. The van der Waals surface area contributed by atoms with Gasteiger partial charge < -0.3 is 5.32 Å². The number of rotatable bonds is 4. The molecule has 3 heteroatoms. The summed E-state index contributed by atoms with van der Waals surface area (Å²) in [4.78, 5) is 0. The standard InChI is InChI=1S/C18H27BrFN/c1-17(2,3)21-13-18(9-5-4-6-10-18)12-14-7-8-15(20)11-16(14)19/h7-8,11,21H,4-6,9-10,12-13H2,1-3H3. The molecule has 0 bridgehead atoms. The van der Waals surface area contributed by atoms with E-state index in [1.165, 1.54) is 37.7 Å². The van der Waals surface area contributed by atoms with Gasteiger partial charge in [0.15, 0.2) is 0 Å². The summed E-state index contributed by atoms with van der Waals surface area (Å²) in [7, 11) is 0. The van der Waals surface area contributed by atoms with Crippen molar-refractivity contribution in [1.82, 2.24) is 5.32 Å². The van der Waals surface area contributed by atoms with Crippen molar-refractivity contribution in [3.63, 3.8) is 0 Å². The van der Waals surface area contributed by atoms with Crippen LogP contribution in [0.2, 0.25) is 0 Å². The molecule has 21 heavy (non-hydrogen) atoms. The van der Waals surface area contributed by atoms with Gasteiger partial charge in [0.25, 0.3) is 0 Å². The Labute approximate surface area is 136 Å². The summed E-state index contributed by atoms with van der Waals surface area (Å²) in [5.74, 6) is -0.170. The lowest BCUT2D eigenvalue weighted by atomic mass is 9.70. The molecule has 0 aromatic heterocycles. The van der Waals surface area contributed by atoms with E-state index in [0.29, 0.717) is 5.41 Å². The van der Waals surface area contributed by atoms with E-state index in [1.807, 2.05) is 6.07 Å². The molecule has 1 aliphatic rings. The maximum absolute atomic E-state index is 13.3. The zero-order valence-corrected chi connectivity index (χ0v) is 15.0. The second kappa shape index (κ2) is 6.78. The lowest BCUT2D eigenvalue weighted by Crippen LogP contribution is -2.45. The number of halogens is 2. The van der Waals surface area contributed by atoms with Crippen molar-refractivity contribution < 1.29 is 4.39 Å². The van der Waals surface area contributed by atoms with Crippen molar-refractivity contribution in [3.05, 3.63) is 34.1 Å². The van der Waals surface area contributed by atoms with Crippen LogP contribution in [0, 0.1) is 11.2 Å². The fourth-order valence-corrected chi connectivity index (χ4v) is 3.73. The van der Waals surface area contributed by atoms with E-state index in [4.69, 9.17) is 0 Å². The molecule has 0 spiro atoms. The average molecular weight is 356 g/mol. The van der Waals surface area contributed by atoms with Gasteiger partial charge in [0.1, 0.15) is 5.82 Å². The minimum absolute atomic E-state index is 0.143. The molecule has 1 aliphatic carbocycles. The monoisotopic (exact) mass is 355 g/mol. The predicted molar refractivity (Wildman–Crippen MR) is 91.1 cm³/mol. The van der Waals surface area contributed by atoms with Gasteiger partial charge in [0, 0.05) is 16.6 Å². The molecule has 0 saturated heterocycles. The van der Waals surface area contributed by atoms with Crippen LogP contribution in [0.25, 0.3) is 0 Å². The van der Waals surface area contributed by atoms with Gasteiger partial charge in [-0.05, 0) is 63.1 Å². The van der Waals surface area contributed by atoms with Gasteiger partial charge in [-0.25, -0.2) is 4.39 Å². The van der Waals surface area contributed by atoms with Gasteiger partial charge in [-0.2, -0.15) is 0 Å². The van der Waals surface area contributed by atoms with E-state index in [0.717, 1.165) is 17.4 Å². The third-order valence-electron chi connectivity index (χ3n) is 4.49. The molecule has 0 atom stereocenters. The molecule has 0 amide bonds. The lowest BCUT2D eigenvalue weighted by Gasteiger charge is -2.40. The second-order valence-corrected chi connectivity index (χ2v) is 8.43. The van der Waals surface area contributed by atoms with Crippen LogP contribution in [0.15, 0.2) is 22.7 Å². The summed E-state index contributed by atoms with van der Waals surface area (Å²) in [5.41, 5.74) is 1.69. The molecule has 2 rings (SSSR count). The topological polar surface area (TPSA) is 12.0 Å². The summed E-state index contributed by atoms with van der Waals surface area (Å²) >= 11 is 3.53. The summed E-state index contributed by atoms with van der Waals surface area (Å²) in [6, 6.07) is 5.10. The first-order valence-electron chi connectivity index (χ1n) is 7.99. The van der Waals surface area contributed by atoms with Crippen molar-refractivity contribution in [2.75, 3.05) is 6.54 Å². The highest BCUT2D eigenvalue weighted by molar-refractivity contribution is 9.10. The molecule has 1 saturated carbocycles. The quantitative estimate of drug-likeness (QED) is 0.754. The predicted octanol–water partition coefficient (Wildman–Crippen LogP) is 5.47. The molecule has 1 N–H and O–H groups in total. The van der Waals surface area contributed by atoms with Crippen molar-refractivity contribution in [2.45, 2.75) is 64.8 Å². The Balaban J connectivity index is 2.15. The smallest absolute Gasteiger partial charge is 0.124 e. The number of nitrogens with one attached hydrogen (secondary N) is 1. The molecule has 0 aliphatic heterocycles. The van der Waals surface area contributed by atoms with E-state index >= 15 is 0 Å². The molecule has 0 heterocycles. The summed E-state index contributed by atoms with van der Waals surface area (Å²) in [6.07, 6.45) is 7.52. The molecular formula is C18H27BrFN. The number of benzene rings is 1. The van der Waals surface area contributed by atoms with Gasteiger partial charge in [0.2, 0.25) is 0 Å².